The molecule has 2 fully saturated rings. The lowest BCUT2D eigenvalue weighted by atomic mass is 10.2. The molecule has 6 nitrogen and oxygen atoms in total. The minimum absolute atomic E-state index is 0.545. The van der Waals surface area contributed by atoms with E-state index in [1.54, 1.807) is 4.90 Å². The molecule has 0 spiro atoms. The number of carbonyl (C=O) groups excluding carboxylic acids is 1. The van der Waals surface area contributed by atoms with E-state index in [0.717, 1.165) is 55.6 Å². The van der Waals surface area contributed by atoms with Gasteiger partial charge in [0.05, 0.1) is 0 Å². The number of anilines is 2. The maximum atomic E-state index is 10.9. The predicted octanol–water partition coefficient (Wildman–Crippen LogP) is 2.00. The first-order valence-corrected chi connectivity index (χ1v) is 8.47. The first kappa shape index (κ1) is 14.9. The summed E-state index contributed by atoms with van der Waals surface area (Å²) in [5.41, 5.74) is 1.02. The van der Waals surface area contributed by atoms with Crippen LogP contribution in [0.5, 0.6) is 0 Å². The van der Waals surface area contributed by atoms with Crippen LogP contribution in [0.3, 0.4) is 0 Å². The molecule has 124 valence electrons. The summed E-state index contributed by atoms with van der Waals surface area (Å²) in [6.07, 6.45) is 3.34. The number of nitrogens with one attached hydrogen (secondary N) is 1. The summed E-state index contributed by atoms with van der Waals surface area (Å²) < 4.78 is 0. The fraction of sp³-hybridized carbons (Fsp3) is 0.389. The summed E-state index contributed by atoms with van der Waals surface area (Å²) in [5, 5.41) is 3.48. The summed E-state index contributed by atoms with van der Waals surface area (Å²) in [5.74, 6) is 2.56. The van der Waals surface area contributed by atoms with Gasteiger partial charge in [-0.05, 0) is 12.8 Å². The molecule has 4 rings (SSSR count). The molecule has 2 aromatic rings. The Morgan fingerprint density at radius 2 is 1.79 bits per heavy atom. The van der Waals surface area contributed by atoms with Crippen molar-refractivity contribution >= 4 is 18.0 Å². The standard InChI is InChI=1S/C18H21N5O/c24-13-22-8-10-23(11-9-22)17-12-16(19-15-6-7-15)20-18(21-17)14-4-2-1-3-5-14/h1-5,12-13,15H,6-11H2,(H,19,20,21). The Morgan fingerprint density at radius 1 is 1.04 bits per heavy atom. The summed E-state index contributed by atoms with van der Waals surface area (Å²) in [4.78, 5) is 24.4. The predicted molar refractivity (Wildman–Crippen MR) is 94.0 cm³/mol. The van der Waals surface area contributed by atoms with Crippen LogP contribution >= 0.6 is 0 Å². The van der Waals surface area contributed by atoms with Crippen LogP contribution in [0.1, 0.15) is 12.8 Å². The van der Waals surface area contributed by atoms with E-state index in [1.165, 1.54) is 12.8 Å². The van der Waals surface area contributed by atoms with Crippen molar-refractivity contribution in [2.45, 2.75) is 18.9 Å². The second kappa shape index (κ2) is 6.47. The van der Waals surface area contributed by atoms with E-state index >= 15 is 0 Å². The summed E-state index contributed by atoms with van der Waals surface area (Å²) in [6.45, 7) is 3.07. The fourth-order valence-electron chi connectivity index (χ4n) is 2.88. The maximum absolute atomic E-state index is 10.9. The highest BCUT2D eigenvalue weighted by Gasteiger charge is 2.23. The van der Waals surface area contributed by atoms with E-state index in [9.17, 15) is 4.79 Å². The monoisotopic (exact) mass is 323 g/mol. The number of piperazine rings is 1. The van der Waals surface area contributed by atoms with Gasteiger partial charge >= 0.3 is 0 Å². The number of aromatic nitrogens is 2. The maximum Gasteiger partial charge on any atom is 0.209 e. The number of amides is 1. The Hall–Kier alpha value is -2.63. The molecule has 1 aliphatic heterocycles. The highest BCUT2D eigenvalue weighted by atomic mass is 16.1. The number of hydrogen-bond donors (Lipinski definition) is 1. The molecule has 1 aromatic carbocycles. The first-order chi connectivity index (χ1) is 11.8. The van der Waals surface area contributed by atoms with E-state index < -0.39 is 0 Å². The lowest BCUT2D eigenvalue weighted by Gasteiger charge is -2.33. The number of rotatable bonds is 5. The van der Waals surface area contributed by atoms with Gasteiger partial charge in [-0.25, -0.2) is 9.97 Å². The van der Waals surface area contributed by atoms with E-state index in [4.69, 9.17) is 9.97 Å². The zero-order valence-corrected chi connectivity index (χ0v) is 13.6. The van der Waals surface area contributed by atoms with Gasteiger partial charge in [0.2, 0.25) is 6.41 Å². The van der Waals surface area contributed by atoms with Gasteiger partial charge in [0.1, 0.15) is 11.6 Å². The Bertz CT molecular complexity index is 709. The molecule has 1 saturated heterocycles. The topological polar surface area (TPSA) is 61.4 Å². The van der Waals surface area contributed by atoms with Crippen molar-refractivity contribution in [2.75, 3.05) is 36.4 Å². The molecule has 1 aliphatic carbocycles. The molecule has 0 radical (unpaired) electrons. The molecular formula is C18H21N5O. The zero-order valence-electron chi connectivity index (χ0n) is 13.6. The van der Waals surface area contributed by atoms with Crippen LogP contribution in [0.2, 0.25) is 0 Å². The van der Waals surface area contributed by atoms with Crippen LogP contribution < -0.4 is 10.2 Å². The van der Waals surface area contributed by atoms with Crippen molar-refractivity contribution in [3.8, 4) is 11.4 Å². The molecule has 6 heteroatoms. The molecule has 1 saturated carbocycles. The summed E-state index contributed by atoms with van der Waals surface area (Å²) in [7, 11) is 0. The Balaban J connectivity index is 1.63. The molecule has 1 amide bonds. The first-order valence-electron chi connectivity index (χ1n) is 8.47. The Kier molecular flexibility index (Phi) is 4.02. The smallest absolute Gasteiger partial charge is 0.209 e. The van der Waals surface area contributed by atoms with Gasteiger partial charge in [-0.1, -0.05) is 30.3 Å². The zero-order chi connectivity index (χ0) is 16.4. The number of nitrogens with zero attached hydrogens (tertiary/aromatic N) is 4. The summed E-state index contributed by atoms with van der Waals surface area (Å²) in [6, 6.07) is 12.6. The van der Waals surface area contributed by atoms with Gasteiger partial charge < -0.3 is 15.1 Å². The van der Waals surface area contributed by atoms with Crippen LogP contribution in [-0.2, 0) is 4.79 Å². The van der Waals surface area contributed by atoms with E-state index in [2.05, 4.69) is 10.2 Å². The van der Waals surface area contributed by atoms with Crippen LogP contribution in [0.15, 0.2) is 36.4 Å². The molecule has 1 aromatic heterocycles. The van der Waals surface area contributed by atoms with E-state index in [1.807, 2.05) is 36.4 Å². The second-order valence-corrected chi connectivity index (χ2v) is 6.35. The third kappa shape index (κ3) is 3.32. The number of carbonyl (C=O) groups is 1. The van der Waals surface area contributed by atoms with Gasteiger partial charge in [-0.3, -0.25) is 4.79 Å². The van der Waals surface area contributed by atoms with Gasteiger partial charge in [-0.2, -0.15) is 0 Å². The molecule has 0 atom stereocenters. The van der Waals surface area contributed by atoms with Crippen molar-refractivity contribution < 1.29 is 4.79 Å². The molecule has 0 bridgehead atoms. The number of benzene rings is 1. The highest BCUT2D eigenvalue weighted by molar-refractivity contribution is 5.62. The molecule has 1 N–H and O–H groups in total. The number of hydrogen-bond acceptors (Lipinski definition) is 5. The second-order valence-electron chi connectivity index (χ2n) is 6.35. The van der Waals surface area contributed by atoms with Crippen LogP contribution in [0, 0.1) is 0 Å². The third-order valence-corrected chi connectivity index (χ3v) is 4.46. The highest BCUT2D eigenvalue weighted by Crippen LogP contribution is 2.28. The van der Waals surface area contributed by atoms with E-state index in [0.29, 0.717) is 6.04 Å². The van der Waals surface area contributed by atoms with Crippen LogP contribution in [0.25, 0.3) is 11.4 Å². The van der Waals surface area contributed by atoms with Crippen molar-refractivity contribution in [3.05, 3.63) is 36.4 Å². The SMILES string of the molecule is O=CN1CCN(c2cc(NC3CC3)nc(-c3ccccc3)n2)CC1. The fourth-order valence-corrected chi connectivity index (χ4v) is 2.88. The van der Waals surface area contributed by atoms with Gasteiger partial charge in [0, 0.05) is 43.9 Å². The van der Waals surface area contributed by atoms with Gasteiger partial charge in [-0.15, -0.1) is 0 Å². The van der Waals surface area contributed by atoms with Crippen molar-refractivity contribution in [3.63, 3.8) is 0 Å². The lowest BCUT2D eigenvalue weighted by Crippen LogP contribution is -2.46. The largest absolute Gasteiger partial charge is 0.367 e. The van der Waals surface area contributed by atoms with Gasteiger partial charge in [0.25, 0.3) is 0 Å². The average Bonchev–Trinajstić information content (AvgIpc) is 3.46. The minimum atomic E-state index is 0.545. The van der Waals surface area contributed by atoms with Crippen LogP contribution in [0.4, 0.5) is 11.6 Å². The lowest BCUT2D eigenvalue weighted by molar-refractivity contribution is -0.118. The van der Waals surface area contributed by atoms with Gasteiger partial charge in [0.15, 0.2) is 5.82 Å². The van der Waals surface area contributed by atoms with Crippen LogP contribution in [-0.4, -0.2) is 53.5 Å². The quantitative estimate of drug-likeness (QED) is 0.853. The van der Waals surface area contributed by atoms with E-state index in [-0.39, 0.29) is 0 Å². The Morgan fingerprint density at radius 3 is 2.46 bits per heavy atom. The molecular weight excluding hydrogens is 302 g/mol. The molecule has 0 unspecified atom stereocenters. The van der Waals surface area contributed by atoms with Crippen molar-refractivity contribution in [2.24, 2.45) is 0 Å². The molecule has 2 aliphatic rings. The summed E-state index contributed by atoms with van der Waals surface area (Å²) >= 11 is 0. The minimum Gasteiger partial charge on any atom is -0.367 e. The Labute approximate surface area is 141 Å². The average molecular weight is 323 g/mol. The third-order valence-electron chi connectivity index (χ3n) is 4.46. The van der Waals surface area contributed by atoms with Crippen molar-refractivity contribution in [1.29, 1.82) is 0 Å². The van der Waals surface area contributed by atoms with Crippen molar-refractivity contribution in [1.82, 2.24) is 14.9 Å². The molecule has 24 heavy (non-hydrogen) atoms. The normalized spacial score (nSPS) is 17.7. The molecule has 2 heterocycles.